The van der Waals surface area contributed by atoms with Crippen LogP contribution >= 0.6 is 0 Å². The van der Waals surface area contributed by atoms with Gasteiger partial charge in [0.15, 0.2) is 0 Å². The van der Waals surface area contributed by atoms with Gasteiger partial charge in [-0.2, -0.15) is 4.31 Å². The molecule has 0 bridgehead atoms. The number of sulfonamides is 1. The molecule has 0 spiro atoms. The molecular weight excluding hydrogens is 280 g/mol. The van der Waals surface area contributed by atoms with Gasteiger partial charge in [-0.1, -0.05) is 13.3 Å². The molecule has 2 unspecified atom stereocenters. The van der Waals surface area contributed by atoms with Crippen LogP contribution in [0.25, 0.3) is 0 Å². The van der Waals surface area contributed by atoms with Crippen LogP contribution in [-0.2, 0) is 14.8 Å². The number of nitrogens with one attached hydrogen (secondary N) is 1. The first-order valence-electron chi connectivity index (χ1n) is 7.13. The zero-order chi connectivity index (χ0) is 15.4. The largest absolute Gasteiger partial charge is 0.396 e. The third-order valence-corrected chi connectivity index (χ3v) is 5.34. The highest BCUT2D eigenvalue weighted by Crippen LogP contribution is 2.22. The fourth-order valence-corrected chi connectivity index (χ4v) is 3.64. The highest BCUT2D eigenvalue weighted by atomic mass is 32.2. The Morgan fingerprint density at radius 2 is 2.10 bits per heavy atom. The van der Waals surface area contributed by atoms with Gasteiger partial charge in [0.1, 0.15) is 6.04 Å². The average Bonchev–Trinajstić information content (AvgIpc) is 2.38. The van der Waals surface area contributed by atoms with Crippen molar-refractivity contribution in [1.82, 2.24) is 9.62 Å². The smallest absolute Gasteiger partial charge is 0.238 e. The number of rotatable bonds is 6. The monoisotopic (exact) mass is 306 g/mol. The fraction of sp³-hybridized carbons (Fsp3) is 0.923. The van der Waals surface area contributed by atoms with Crippen molar-refractivity contribution in [2.24, 2.45) is 0 Å². The number of aliphatic hydroxyl groups excluding tert-OH is 1. The quantitative estimate of drug-likeness (QED) is 0.747. The third kappa shape index (κ3) is 4.43. The van der Waals surface area contributed by atoms with Gasteiger partial charge in [-0.05, 0) is 32.6 Å². The van der Waals surface area contributed by atoms with Crippen molar-refractivity contribution in [2.75, 3.05) is 19.4 Å². The van der Waals surface area contributed by atoms with E-state index in [1.165, 1.54) is 4.31 Å². The zero-order valence-corrected chi connectivity index (χ0v) is 13.4. The van der Waals surface area contributed by atoms with Gasteiger partial charge in [-0.3, -0.25) is 4.79 Å². The van der Waals surface area contributed by atoms with E-state index in [0.717, 1.165) is 19.1 Å². The predicted molar refractivity (Wildman–Crippen MR) is 77.7 cm³/mol. The number of hydrogen-bond acceptors (Lipinski definition) is 4. The van der Waals surface area contributed by atoms with Crippen molar-refractivity contribution in [3.63, 3.8) is 0 Å². The molecule has 0 saturated carbocycles. The van der Waals surface area contributed by atoms with Gasteiger partial charge in [0, 0.05) is 18.7 Å². The molecule has 1 saturated heterocycles. The van der Waals surface area contributed by atoms with Gasteiger partial charge in [-0.25, -0.2) is 8.42 Å². The molecule has 6 nitrogen and oxygen atoms in total. The van der Waals surface area contributed by atoms with Crippen molar-refractivity contribution < 1.29 is 18.3 Å². The second-order valence-electron chi connectivity index (χ2n) is 5.76. The third-order valence-electron chi connectivity index (χ3n) is 4.05. The SMILES string of the molecule is CCC(C)(CCO)NC(=O)C1CCCCN1S(C)(=O)=O. The molecule has 0 radical (unpaired) electrons. The summed E-state index contributed by atoms with van der Waals surface area (Å²) in [6.07, 6.45) is 4.49. The van der Waals surface area contributed by atoms with Crippen LogP contribution in [0.1, 0.15) is 46.0 Å². The molecule has 118 valence electrons. The van der Waals surface area contributed by atoms with E-state index >= 15 is 0 Å². The number of nitrogens with zero attached hydrogens (tertiary/aromatic N) is 1. The van der Waals surface area contributed by atoms with Gasteiger partial charge in [0.05, 0.1) is 6.26 Å². The van der Waals surface area contributed by atoms with E-state index < -0.39 is 21.6 Å². The van der Waals surface area contributed by atoms with E-state index in [2.05, 4.69) is 5.32 Å². The topological polar surface area (TPSA) is 86.7 Å². The normalized spacial score (nSPS) is 24.1. The predicted octanol–water partition coefficient (Wildman–Crippen LogP) is 0.468. The number of hydrogen-bond donors (Lipinski definition) is 2. The summed E-state index contributed by atoms with van der Waals surface area (Å²) in [5, 5.41) is 12.0. The Balaban J connectivity index is 2.83. The van der Waals surface area contributed by atoms with Crippen LogP contribution in [0.2, 0.25) is 0 Å². The Morgan fingerprint density at radius 3 is 2.60 bits per heavy atom. The second-order valence-corrected chi connectivity index (χ2v) is 7.70. The standard InChI is InChI=1S/C13H26N2O4S/c1-4-13(2,8-10-16)14-12(17)11-7-5-6-9-15(11)20(3,18)19/h11,16H,4-10H2,1-3H3,(H,14,17). The first-order chi connectivity index (χ1) is 9.23. The summed E-state index contributed by atoms with van der Waals surface area (Å²) >= 11 is 0. The summed E-state index contributed by atoms with van der Waals surface area (Å²) in [4.78, 5) is 12.4. The molecule has 2 atom stereocenters. The van der Waals surface area contributed by atoms with Crippen LogP contribution in [0.5, 0.6) is 0 Å². The zero-order valence-electron chi connectivity index (χ0n) is 12.6. The Labute approximate surface area is 121 Å². The molecule has 1 aliphatic heterocycles. The van der Waals surface area contributed by atoms with Crippen LogP contribution in [0.15, 0.2) is 0 Å². The van der Waals surface area contributed by atoms with Crippen molar-refractivity contribution in [3.8, 4) is 0 Å². The van der Waals surface area contributed by atoms with E-state index in [-0.39, 0.29) is 12.5 Å². The Morgan fingerprint density at radius 1 is 1.45 bits per heavy atom. The molecule has 0 aromatic rings. The maximum Gasteiger partial charge on any atom is 0.238 e. The van der Waals surface area contributed by atoms with Crippen LogP contribution in [0.3, 0.4) is 0 Å². The number of carbonyl (C=O) groups excluding carboxylic acids is 1. The summed E-state index contributed by atoms with van der Waals surface area (Å²) in [5.74, 6) is -0.257. The highest BCUT2D eigenvalue weighted by molar-refractivity contribution is 7.88. The van der Waals surface area contributed by atoms with Gasteiger partial charge >= 0.3 is 0 Å². The van der Waals surface area contributed by atoms with Crippen molar-refractivity contribution in [2.45, 2.75) is 57.5 Å². The Hall–Kier alpha value is -0.660. The molecule has 1 rings (SSSR count). The lowest BCUT2D eigenvalue weighted by molar-refractivity contribution is -0.127. The maximum absolute atomic E-state index is 12.4. The molecule has 0 aliphatic carbocycles. The number of piperidine rings is 1. The van der Waals surface area contributed by atoms with Crippen LogP contribution in [0.4, 0.5) is 0 Å². The maximum atomic E-state index is 12.4. The average molecular weight is 306 g/mol. The molecule has 1 heterocycles. The first-order valence-corrected chi connectivity index (χ1v) is 8.98. The summed E-state index contributed by atoms with van der Waals surface area (Å²) in [6, 6.07) is -0.622. The minimum atomic E-state index is -3.37. The van der Waals surface area contributed by atoms with Gasteiger partial charge in [0.2, 0.25) is 15.9 Å². The van der Waals surface area contributed by atoms with E-state index in [4.69, 9.17) is 5.11 Å². The molecule has 0 aromatic carbocycles. The molecule has 7 heteroatoms. The molecule has 0 aromatic heterocycles. The lowest BCUT2D eigenvalue weighted by Crippen LogP contribution is -2.56. The number of aliphatic hydroxyl groups is 1. The minimum absolute atomic E-state index is 0.00885. The van der Waals surface area contributed by atoms with Crippen LogP contribution in [0, 0.1) is 0 Å². The first kappa shape index (κ1) is 17.4. The summed E-state index contributed by atoms with van der Waals surface area (Å²) in [7, 11) is -3.37. The van der Waals surface area contributed by atoms with Gasteiger partial charge < -0.3 is 10.4 Å². The Kier molecular flexibility index (Phi) is 5.97. The Bertz CT molecular complexity index is 438. The van der Waals surface area contributed by atoms with Crippen LogP contribution in [-0.4, -0.2) is 54.7 Å². The summed E-state index contributed by atoms with van der Waals surface area (Å²) < 4.78 is 24.8. The lowest BCUT2D eigenvalue weighted by atomic mass is 9.93. The van der Waals surface area contributed by atoms with E-state index in [1.807, 2.05) is 13.8 Å². The fourth-order valence-electron chi connectivity index (χ4n) is 2.52. The molecule has 1 fully saturated rings. The van der Waals surface area contributed by atoms with Crippen molar-refractivity contribution >= 4 is 15.9 Å². The van der Waals surface area contributed by atoms with Crippen LogP contribution < -0.4 is 5.32 Å². The summed E-state index contributed by atoms with van der Waals surface area (Å²) in [6.45, 7) is 4.20. The van der Waals surface area contributed by atoms with Gasteiger partial charge in [0.25, 0.3) is 0 Å². The highest BCUT2D eigenvalue weighted by Gasteiger charge is 2.36. The molecular formula is C13H26N2O4S. The van der Waals surface area contributed by atoms with E-state index in [0.29, 0.717) is 25.8 Å². The van der Waals surface area contributed by atoms with E-state index in [9.17, 15) is 13.2 Å². The number of carbonyl (C=O) groups is 1. The van der Waals surface area contributed by atoms with E-state index in [1.54, 1.807) is 0 Å². The second kappa shape index (κ2) is 6.87. The number of amides is 1. The summed E-state index contributed by atoms with van der Waals surface area (Å²) in [5.41, 5.74) is -0.494. The molecule has 1 aliphatic rings. The molecule has 2 N–H and O–H groups in total. The van der Waals surface area contributed by atoms with Crippen molar-refractivity contribution in [3.05, 3.63) is 0 Å². The van der Waals surface area contributed by atoms with Gasteiger partial charge in [-0.15, -0.1) is 0 Å². The molecule has 1 amide bonds. The molecule has 20 heavy (non-hydrogen) atoms. The van der Waals surface area contributed by atoms with Crippen molar-refractivity contribution in [1.29, 1.82) is 0 Å². The minimum Gasteiger partial charge on any atom is -0.396 e. The lowest BCUT2D eigenvalue weighted by Gasteiger charge is -2.36.